The molecule has 0 saturated carbocycles. The minimum absolute atomic E-state index is 0.237. The quantitative estimate of drug-likeness (QED) is 0.570. The van der Waals surface area contributed by atoms with Crippen molar-refractivity contribution in [1.82, 2.24) is 9.88 Å². The topological polar surface area (TPSA) is 65.4 Å². The van der Waals surface area contributed by atoms with E-state index < -0.39 is 0 Å². The predicted octanol–water partition coefficient (Wildman–Crippen LogP) is 4.75. The van der Waals surface area contributed by atoms with Gasteiger partial charge in [-0.05, 0) is 61.0 Å². The van der Waals surface area contributed by atoms with Crippen LogP contribution in [0.3, 0.4) is 0 Å². The number of aliphatic imine (C=N–C) groups is 1. The number of nitrogens with zero attached hydrogens (tertiary/aromatic N) is 3. The molecule has 6 rings (SSSR count). The smallest absolute Gasteiger partial charge is 0.231 e. The third kappa shape index (κ3) is 3.73. The van der Waals surface area contributed by atoms with E-state index in [9.17, 15) is 0 Å². The van der Waals surface area contributed by atoms with E-state index in [0.29, 0.717) is 0 Å². The number of rotatable bonds is 4. The Hall–Kier alpha value is -2.97. The van der Waals surface area contributed by atoms with Crippen LogP contribution in [0.5, 0.6) is 17.2 Å². The van der Waals surface area contributed by atoms with Crippen LogP contribution in [-0.4, -0.2) is 48.2 Å². The standard InChI is InChI=1S/C24H23N3O4S/c1-28-18-6-4-17(5-7-18)25-24-27(13-19-3-2-8-29-19)12-16-9-15-10-21-22(31-14-30-21)11-20(15)26-23(16)32-24/h4-7,9-11,19H,2-3,8,12-14H2,1H3/t19-/m1/s1. The van der Waals surface area contributed by atoms with Gasteiger partial charge in [0.25, 0.3) is 0 Å². The summed E-state index contributed by atoms with van der Waals surface area (Å²) in [6.45, 7) is 2.66. The molecule has 0 N–H and O–H groups in total. The summed E-state index contributed by atoms with van der Waals surface area (Å²) < 4.78 is 22.3. The van der Waals surface area contributed by atoms with Gasteiger partial charge >= 0.3 is 0 Å². The zero-order valence-corrected chi connectivity index (χ0v) is 18.6. The molecule has 0 amide bonds. The summed E-state index contributed by atoms with van der Waals surface area (Å²) in [7, 11) is 1.67. The Morgan fingerprint density at radius 2 is 2.00 bits per heavy atom. The number of benzene rings is 2. The highest BCUT2D eigenvalue weighted by Crippen LogP contribution is 2.39. The molecule has 1 atom stereocenters. The zero-order chi connectivity index (χ0) is 21.5. The molecule has 0 bridgehead atoms. The van der Waals surface area contributed by atoms with Crippen molar-refractivity contribution in [2.45, 2.75) is 30.5 Å². The first kappa shape index (κ1) is 19.7. The zero-order valence-electron chi connectivity index (χ0n) is 17.7. The van der Waals surface area contributed by atoms with Gasteiger partial charge in [0.15, 0.2) is 16.7 Å². The first-order chi connectivity index (χ1) is 15.7. The fourth-order valence-corrected chi connectivity index (χ4v) is 5.24. The molecule has 0 radical (unpaired) electrons. The maximum Gasteiger partial charge on any atom is 0.231 e. The van der Waals surface area contributed by atoms with Gasteiger partial charge in [0.1, 0.15) is 10.8 Å². The maximum atomic E-state index is 5.92. The van der Waals surface area contributed by atoms with Crippen molar-refractivity contribution in [2.75, 3.05) is 27.1 Å². The molecular formula is C24H23N3O4S. The predicted molar refractivity (Wildman–Crippen MR) is 123 cm³/mol. The van der Waals surface area contributed by atoms with Gasteiger partial charge in [0.2, 0.25) is 6.79 Å². The van der Waals surface area contributed by atoms with E-state index >= 15 is 0 Å². The third-order valence-electron chi connectivity index (χ3n) is 5.91. The van der Waals surface area contributed by atoms with Crippen molar-refractivity contribution >= 4 is 33.5 Å². The van der Waals surface area contributed by atoms with Gasteiger partial charge in [-0.1, -0.05) is 0 Å². The summed E-state index contributed by atoms with van der Waals surface area (Å²) in [5.41, 5.74) is 2.98. The minimum Gasteiger partial charge on any atom is -0.497 e. The van der Waals surface area contributed by atoms with E-state index in [1.807, 2.05) is 36.4 Å². The highest BCUT2D eigenvalue weighted by Gasteiger charge is 2.28. The molecule has 2 aromatic carbocycles. The van der Waals surface area contributed by atoms with Gasteiger partial charge < -0.3 is 23.8 Å². The monoisotopic (exact) mass is 449 g/mol. The normalized spacial score (nSPS) is 20.7. The third-order valence-corrected chi connectivity index (χ3v) is 6.99. The Kier molecular flexibility index (Phi) is 5.04. The fourth-order valence-electron chi connectivity index (χ4n) is 4.25. The van der Waals surface area contributed by atoms with Gasteiger partial charge in [0.05, 0.1) is 24.4 Å². The van der Waals surface area contributed by atoms with Crippen molar-refractivity contribution in [3.05, 3.63) is 48.0 Å². The summed E-state index contributed by atoms with van der Waals surface area (Å²) in [6.07, 6.45) is 2.44. The van der Waals surface area contributed by atoms with Crippen LogP contribution in [0.15, 0.2) is 52.5 Å². The van der Waals surface area contributed by atoms with Crippen LogP contribution in [0.2, 0.25) is 0 Å². The van der Waals surface area contributed by atoms with Crippen LogP contribution in [0.1, 0.15) is 18.4 Å². The number of fused-ring (bicyclic) bond motifs is 3. The van der Waals surface area contributed by atoms with Crippen LogP contribution >= 0.6 is 11.8 Å². The number of methoxy groups -OCH3 is 1. The second kappa shape index (κ2) is 8.18. The van der Waals surface area contributed by atoms with Crippen molar-refractivity contribution in [1.29, 1.82) is 0 Å². The Morgan fingerprint density at radius 3 is 2.78 bits per heavy atom. The molecular weight excluding hydrogens is 426 g/mol. The van der Waals surface area contributed by atoms with E-state index in [1.54, 1.807) is 18.9 Å². The van der Waals surface area contributed by atoms with Crippen LogP contribution in [0.25, 0.3) is 10.9 Å². The molecule has 0 spiro atoms. The van der Waals surface area contributed by atoms with Gasteiger partial charge in [-0.2, -0.15) is 0 Å². The molecule has 1 aromatic heterocycles. The number of hydrogen-bond acceptors (Lipinski definition) is 7. The summed E-state index contributed by atoms with van der Waals surface area (Å²) in [4.78, 5) is 12.2. The van der Waals surface area contributed by atoms with Crippen LogP contribution in [0, 0.1) is 0 Å². The molecule has 164 valence electrons. The summed E-state index contributed by atoms with van der Waals surface area (Å²) in [5.74, 6) is 2.34. The van der Waals surface area contributed by atoms with Crippen LogP contribution in [-0.2, 0) is 11.3 Å². The number of aromatic nitrogens is 1. The second-order valence-corrected chi connectivity index (χ2v) is 9.02. The number of thioether (sulfide) groups is 1. The van der Waals surface area contributed by atoms with Gasteiger partial charge in [-0.3, -0.25) is 0 Å². The van der Waals surface area contributed by atoms with Crippen molar-refractivity contribution in [3.8, 4) is 17.2 Å². The Bertz CT molecular complexity index is 1190. The van der Waals surface area contributed by atoms with Gasteiger partial charge in [-0.25, -0.2) is 9.98 Å². The molecule has 3 aliphatic rings. The van der Waals surface area contributed by atoms with Crippen molar-refractivity contribution in [2.24, 2.45) is 4.99 Å². The average Bonchev–Trinajstić information content (AvgIpc) is 3.49. The lowest BCUT2D eigenvalue weighted by atomic mass is 10.1. The summed E-state index contributed by atoms with van der Waals surface area (Å²) in [5, 5.41) is 2.97. The van der Waals surface area contributed by atoms with Gasteiger partial charge in [0, 0.05) is 36.7 Å². The summed E-state index contributed by atoms with van der Waals surface area (Å²) >= 11 is 1.61. The molecule has 1 fully saturated rings. The average molecular weight is 450 g/mol. The molecule has 7 nitrogen and oxygen atoms in total. The highest BCUT2D eigenvalue weighted by atomic mass is 32.2. The second-order valence-electron chi connectivity index (χ2n) is 8.06. The van der Waals surface area contributed by atoms with Crippen molar-refractivity contribution < 1.29 is 18.9 Å². The first-order valence-electron chi connectivity index (χ1n) is 10.8. The van der Waals surface area contributed by atoms with Crippen LogP contribution < -0.4 is 14.2 Å². The highest BCUT2D eigenvalue weighted by molar-refractivity contribution is 8.13. The molecule has 1 saturated heterocycles. The fraction of sp³-hybridized carbons (Fsp3) is 0.333. The van der Waals surface area contributed by atoms with E-state index in [0.717, 1.165) is 76.6 Å². The number of amidine groups is 1. The maximum absolute atomic E-state index is 5.92. The molecule has 8 heteroatoms. The molecule has 4 heterocycles. The Morgan fingerprint density at radius 1 is 1.16 bits per heavy atom. The Labute approximate surface area is 190 Å². The van der Waals surface area contributed by atoms with Crippen LogP contribution in [0.4, 0.5) is 5.69 Å². The molecule has 3 aromatic rings. The SMILES string of the molecule is COc1ccc(N=C2Sc3nc4cc5c(cc4cc3CN2C[C@H]2CCCO2)OCO5)cc1. The molecule has 32 heavy (non-hydrogen) atoms. The van der Waals surface area contributed by atoms with E-state index in [2.05, 4.69) is 11.0 Å². The van der Waals surface area contributed by atoms with E-state index in [1.165, 1.54) is 5.56 Å². The number of pyridine rings is 1. The summed E-state index contributed by atoms with van der Waals surface area (Å²) in [6, 6.07) is 14.0. The molecule has 0 unspecified atom stereocenters. The van der Waals surface area contributed by atoms with E-state index in [-0.39, 0.29) is 12.9 Å². The number of hydrogen-bond donors (Lipinski definition) is 0. The molecule has 0 aliphatic carbocycles. The lowest BCUT2D eigenvalue weighted by Gasteiger charge is -2.32. The lowest BCUT2D eigenvalue weighted by Crippen LogP contribution is -2.37. The van der Waals surface area contributed by atoms with E-state index in [4.69, 9.17) is 28.9 Å². The number of ether oxygens (including phenoxy) is 4. The first-order valence-corrected chi connectivity index (χ1v) is 11.6. The Balaban J connectivity index is 1.37. The molecule has 3 aliphatic heterocycles. The lowest BCUT2D eigenvalue weighted by molar-refractivity contribution is 0.0903. The van der Waals surface area contributed by atoms with Gasteiger partial charge in [-0.15, -0.1) is 0 Å². The largest absolute Gasteiger partial charge is 0.497 e. The van der Waals surface area contributed by atoms with Crippen molar-refractivity contribution in [3.63, 3.8) is 0 Å². The minimum atomic E-state index is 0.237.